The summed E-state index contributed by atoms with van der Waals surface area (Å²) >= 11 is 0. The van der Waals surface area contributed by atoms with Crippen LogP contribution >= 0.6 is 0 Å². The van der Waals surface area contributed by atoms with Crippen molar-refractivity contribution in [3.8, 4) is 11.5 Å². The van der Waals surface area contributed by atoms with Crippen molar-refractivity contribution in [3.05, 3.63) is 42.7 Å². The van der Waals surface area contributed by atoms with Gasteiger partial charge in [-0.25, -0.2) is 0 Å². The Balaban J connectivity index is 1.31. The van der Waals surface area contributed by atoms with E-state index >= 15 is 0 Å². The molecule has 138 valence electrons. The molecule has 2 unspecified atom stereocenters. The molecule has 1 aromatic heterocycles. The summed E-state index contributed by atoms with van der Waals surface area (Å²) < 4.78 is 13.7. The van der Waals surface area contributed by atoms with Gasteiger partial charge in [-0.15, -0.1) is 0 Å². The highest BCUT2D eigenvalue weighted by molar-refractivity contribution is 5.82. The van der Waals surface area contributed by atoms with Crippen LogP contribution in [0.5, 0.6) is 11.5 Å². The zero-order valence-electron chi connectivity index (χ0n) is 15.0. The molecule has 1 saturated heterocycles. The van der Waals surface area contributed by atoms with Crippen molar-refractivity contribution < 1.29 is 14.3 Å². The number of rotatable bonds is 4. The highest BCUT2D eigenvalue weighted by Gasteiger charge is 2.37. The van der Waals surface area contributed by atoms with E-state index in [0.717, 1.165) is 26.2 Å². The first kappa shape index (κ1) is 16.9. The fourth-order valence-corrected chi connectivity index (χ4v) is 3.44. The molecule has 0 radical (unpaired) electrons. The molecule has 0 N–H and O–H groups in total. The molecule has 7 nitrogen and oxygen atoms in total. The number of aromatic nitrogens is 2. The third-order valence-corrected chi connectivity index (χ3v) is 4.97. The monoisotopic (exact) mass is 356 g/mol. The van der Waals surface area contributed by atoms with Crippen molar-refractivity contribution in [3.63, 3.8) is 0 Å². The van der Waals surface area contributed by atoms with Gasteiger partial charge in [-0.05, 0) is 25.1 Å². The summed E-state index contributed by atoms with van der Waals surface area (Å²) in [5.41, 5.74) is 0. The van der Waals surface area contributed by atoms with Gasteiger partial charge in [0.1, 0.15) is 6.10 Å². The number of para-hydroxylation sites is 2. The molecule has 1 fully saturated rings. The van der Waals surface area contributed by atoms with E-state index in [1.807, 2.05) is 53.0 Å². The Kier molecular flexibility index (Phi) is 4.79. The summed E-state index contributed by atoms with van der Waals surface area (Å²) in [6.45, 7) is 6.86. The fourth-order valence-electron chi connectivity index (χ4n) is 3.44. The highest BCUT2D eigenvalue weighted by atomic mass is 16.6. The van der Waals surface area contributed by atoms with E-state index in [0.29, 0.717) is 24.6 Å². The van der Waals surface area contributed by atoms with Gasteiger partial charge in [-0.1, -0.05) is 12.1 Å². The lowest BCUT2D eigenvalue weighted by molar-refractivity contribution is -0.146. The van der Waals surface area contributed by atoms with Gasteiger partial charge in [0.2, 0.25) is 6.10 Å². The number of hydrogen-bond acceptors (Lipinski definition) is 5. The maximum Gasteiger partial charge on any atom is 0.267 e. The van der Waals surface area contributed by atoms with Gasteiger partial charge in [-0.2, -0.15) is 5.10 Å². The molecule has 2 atom stereocenters. The maximum atomic E-state index is 12.9. The minimum atomic E-state index is -0.583. The minimum Gasteiger partial charge on any atom is -0.482 e. The number of hydrogen-bond donors (Lipinski definition) is 0. The Labute approximate surface area is 153 Å². The van der Waals surface area contributed by atoms with Gasteiger partial charge in [-0.3, -0.25) is 14.4 Å². The van der Waals surface area contributed by atoms with Crippen LogP contribution in [0.15, 0.2) is 42.7 Å². The summed E-state index contributed by atoms with van der Waals surface area (Å²) in [5.74, 6) is 1.35. The quantitative estimate of drug-likeness (QED) is 0.825. The molecule has 0 aliphatic carbocycles. The van der Waals surface area contributed by atoms with E-state index in [4.69, 9.17) is 9.47 Å². The van der Waals surface area contributed by atoms with Gasteiger partial charge in [0.15, 0.2) is 11.5 Å². The first-order chi connectivity index (χ1) is 12.7. The molecule has 3 heterocycles. The van der Waals surface area contributed by atoms with Crippen molar-refractivity contribution in [2.45, 2.75) is 25.7 Å². The van der Waals surface area contributed by atoms with Crippen molar-refractivity contribution in [2.24, 2.45) is 0 Å². The Bertz CT molecular complexity index is 741. The summed E-state index contributed by atoms with van der Waals surface area (Å²) in [5, 5.41) is 4.23. The zero-order chi connectivity index (χ0) is 17.9. The molecule has 1 amide bonds. The van der Waals surface area contributed by atoms with E-state index in [9.17, 15) is 4.79 Å². The lowest BCUT2D eigenvalue weighted by Gasteiger charge is -2.38. The van der Waals surface area contributed by atoms with Crippen LogP contribution in [0, 0.1) is 0 Å². The Morgan fingerprint density at radius 2 is 1.81 bits per heavy atom. The van der Waals surface area contributed by atoms with Crippen LogP contribution < -0.4 is 9.47 Å². The summed E-state index contributed by atoms with van der Waals surface area (Å²) in [6, 6.07) is 9.43. The van der Waals surface area contributed by atoms with Gasteiger partial charge < -0.3 is 14.4 Å². The van der Waals surface area contributed by atoms with Crippen LogP contribution in [0.3, 0.4) is 0 Å². The molecule has 2 aliphatic heterocycles. The van der Waals surface area contributed by atoms with Gasteiger partial charge in [0.05, 0.1) is 6.54 Å². The standard InChI is InChI=1S/C19H24N4O3/c1-15-18(26-17-6-3-2-5-16(17)25-15)19(24)22-12-9-21(10-13-22)11-14-23-8-4-7-20-23/h2-8,15,18H,9-14H2,1H3. The molecule has 0 bridgehead atoms. The molecule has 2 aromatic rings. The van der Waals surface area contributed by atoms with Crippen LogP contribution in [0.25, 0.3) is 0 Å². The Hall–Kier alpha value is -2.54. The zero-order valence-corrected chi connectivity index (χ0v) is 15.0. The van der Waals surface area contributed by atoms with Crippen LogP contribution in [-0.4, -0.2) is 70.4 Å². The predicted octanol–water partition coefficient (Wildman–Crippen LogP) is 1.26. The van der Waals surface area contributed by atoms with E-state index in [1.165, 1.54) is 0 Å². The van der Waals surface area contributed by atoms with Crippen LogP contribution in [-0.2, 0) is 11.3 Å². The third kappa shape index (κ3) is 3.53. The summed E-state index contributed by atoms with van der Waals surface area (Å²) in [7, 11) is 0. The fraction of sp³-hybridized carbons (Fsp3) is 0.474. The first-order valence-corrected chi connectivity index (χ1v) is 9.11. The number of carbonyl (C=O) groups excluding carboxylic acids is 1. The average Bonchev–Trinajstić information content (AvgIpc) is 3.19. The smallest absolute Gasteiger partial charge is 0.267 e. The predicted molar refractivity (Wildman–Crippen MR) is 96.2 cm³/mol. The van der Waals surface area contributed by atoms with E-state index in [1.54, 1.807) is 6.20 Å². The largest absolute Gasteiger partial charge is 0.482 e. The molecule has 1 aromatic carbocycles. The summed E-state index contributed by atoms with van der Waals surface area (Å²) in [6.07, 6.45) is 2.89. The highest BCUT2D eigenvalue weighted by Crippen LogP contribution is 2.33. The van der Waals surface area contributed by atoms with E-state index < -0.39 is 6.10 Å². The van der Waals surface area contributed by atoms with E-state index in [-0.39, 0.29) is 12.0 Å². The Morgan fingerprint density at radius 3 is 2.50 bits per heavy atom. The molecule has 26 heavy (non-hydrogen) atoms. The molecule has 7 heteroatoms. The summed E-state index contributed by atoms with van der Waals surface area (Å²) in [4.78, 5) is 17.2. The number of carbonyl (C=O) groups is 1. The average molecular weight is 356 g/mol. The SMILES string of the molecule is CC1Oc2ccccc2OC1C(=O)N1CCN(CCn2cccn2)CC1. The molecule has 0 saturated carbocycles. The van der Waals surface area contributed by atoms with Crippen molar-refractivity contribution in [1.82, 2.24) is 19.6 Å². The van der Waals surface area contributed by atoms with E-state index in [2.05, 4.69) is 10.00 Å². The first-order valence-electron chi connectivity index (χ1n) is 9.11. The second kappa shape index (κ2) is 7.37. The second-order valence-electron chi connectivity index (χ2n) is 6.74. The minimum absolute atomic E-state index is 0.0127. The number of nitrogens with zero attached hydrogens (tertiary/aromatic N) is 4. The van der Waals surface area contributed by atoms with Crippen molar-refractivity contribution in [2.75, 3.05) is 32.7 Å². The number of fused-ring (bicyclic) bond motifs is 1. The topological polar surface area (TPSA) is 59.8 Å². The normalized spacial score (nSPS) is 23.0. The number of amides is 1. The van der Waals surface area contributed by atoms with Crippen LogP contribution in [0.4, 0.5) is 0 Å². The second-order valence-corrected chi connectivity index (χ2v) is 6.74. The molecule has 0 spiro atoms. The molecule has 2 aliphatic rings. The number of ether oxygens (including phenoxy) is 2. The van der Waals surface area contributed by atoms with Crippen molar-refractivity contribution in [1.29, 1.82) is 0 Å². The molecular weight excluding hydrogens is 332 g/mol. The third-order valence-electron chi connectivity index (χ3n) is 4.97. The number of piperazine rings is 1. The molecule has 4 rings (SSSR count). The lowest BCUT2D eigenvalue weighted by atomic mass is 10.1. The van der Waals surface area contributed by atoms with Gasteiger partial charge in [0, 0.05) is 45.1 Å². The van der Waals surface area contributed by atoms with Gasteiger partial charge >= 0.3 is 0 Å². The van der Waals surface area contributed by atoms with Crippen LogP contribution in [0.1, 0.15) is 6.92 Å². The van der Waals surface area contributed by atoms with Crippen LogP contribution in [0.2, 0.25) is 0 Å². The number of benzene rings is 1. The molecular formula is C19H24N4O3. The van der Waals surface area contributed by atoms with Crippen molar-refractivity contribution >= 4 is 5.91 Å². The van der Waals surface area contributed by atoms with Gasteiger partial charge in [0.25, 0.3) is 5.91 Å². The maximum absolute atomic E-state index is 12.9. The Morgan fingerprint density at radius 1 is 1.08 bits per heavy atom. The lowest BCUT2D eigenvalue weighted by Crippen LogP contribution is -2.56.